The average Bonchev–Trinajstić information content (AvgIpc) is 2.55. The Balaban J connectivity index is 2.22. The van der Waals surface area contributed by atoms with E-state index in [1.54, 1.807) is 30.3 Å². The van der Waals surface area contributed by atoms with Crippen molar-refractivity contribution >= 4 is 32.0 Å². The third kappa shape index (κ3) is 4.64. The Bertz CT molecular complexity index is 786. The molecule has 5 heteroatoms. The quantitative estimate of drug-likeness (QED) is 0.658. The maximum absolute atomic E-state index is 12.8. The van der Waals surface area contributed by atoms with Gasteiger partial charge in [-0.2, -0.15) is 4.31 Å². The molecule has 0 unspecified atom stereocenters. The van der Waals surface area contributed by atoms with Gasteiger partial charge in [0.15, 0.2) is 0 Å². The lowest BCUT2D eigenvalue weighted by Gasteiger charge is -2.19. The summed E-state index contributed by atoms with van der Waals surface area (Å²) in [6, 6.07) is 16.6. The fraction of sp³-hybridized carbons (Fsp3) is 0.111. The van der Waals surface area contributed by atoms with Gasteiger partial charge in [0.05, 0.1) is 4.90 Å². The highest BCUT2D eigenvalue weighted by molar-refractivity contribution is 9.10. The SMILES string of the molecule is C=CCN(C/C=C/c1ccccc1)S(=O)(=O)c1ccccc1Br. The summed E-state index contributed by atoms with van der Waals surface area (Å²) in [6.07, 6.45) is 5.34. The normalized spacial score (nSPS) is 11.9. The van der Waals surface area contributed by atoms with Gasteiger partial charge in [-0.15, -0.1) is 6.58 Å². The molecule has 0 saturated carbocycles. The smallest absolute Gasteiger partial charge is 0.207 e. The zero-order valence-corrected chi connectivity index (χ0v) is 15.0. The van der Waals surface area contributed by atoms with E-state index in [9.17, 15) is 8.42 Å². The Labute approximate surface area is 146 Å². The molecule has 2 rings (SSSR count). The molecule has 120 valence electrons. The lowest BCUT2D eigenvalue weighted by atomic mass is 10.2. The van der Waals surface area contributed by atoms with Crippen molar-refractivity contribution in [3.8, 4) is 0 Å². The Hall–Kier alpha value is -1.69. The van der Waals surface area contributed by atoms with Crippen molar-refractivity contribution in [3.05, 3.63) is 83.4 Å². The number of sulfonamides is 1. The highest BCUT2D eigenvalue weighted by Gasteiger charge is 2.24. The zero-order chi connectivity index (χ0) is 16.7. The molecule has 0 fully saturated rings. The van der Waals surface area contributed by atoms with Crippen LogP contribution >= 0.6 is 15.9 Å². The van der Waals surface area contributed by atoms with Crippen LogP contribution in [-0.4, -0.2) is 25.8 Å². The summed E-state index contributed by atoms with van der Waals surface area (Å²) in [6.45, 7) is 4.19. The van der Waals surface area contributed by atoms with Crippen LogP contribution < -0.4 is 0 Å². The number of hydrogen-bond donors (Lipinski definition) is 0. The van der Waals surface area contributed by atoms with Crippen molar-refractivity contribution in [2.75, 3.05) is 13.1 Å². The largest absolute Gasteiger partial charge is 0.244 e. The molecular formula is C18H18BrNO2S. The second kappa shape index (κ2) is 8.24. The zero-order valence-electron chi connectivity index (χ0n) is 12.6. The van der Waals surface area contributed by atoms with Crippen LogP contribution in [0.2, 0.25) is 0 Å². The third-order valence-corrected chi connectivity index (χ3v) is 6.05. The Morgan fingerprint density at radius 2 is 1.65 bits per heavy atom. The molecule has 0 bridgehead atoms. The molecule has 0 saturated heterocycles. The van der Waals surface area contributed by atoms with Crippen LogP contribution in [0, 0.1) is 0 Å². The number of nitrogens with zero attached hydrogens (tertiary/aromatic N) is 1. The monoisotopic (exact) mass is 391 g/mol. The van der Waals surface area contributed by atoms with Gasteiger partial charge >= 0.3 is 0 Å². The van der Waals surface area contributed by atoms with E-state index >= 15 is 0 Å². The number of rotatable bonds is 7. The lowest BCUT2D eigenvalue weighted by Crippen LogP contribution is -2.31. The molecule has 0 aliphatic rings. The molecular weight excluding hydrogens is 374 g/mol. The highest BCUT2D eigenvalue weighted by Crippen LogP contribution is 2.24. The first-order chi connectivity index (χ1) is 11.1. The van der Waals surface area contributed by atoms with E-state index in [1.807, 2.05) is 42.5 Å². The van der Waals surface area contributed by atoms with Gasteiger partial charge in [0, 0.05) is 17.6 Å². The minimum absolute atomic E-state index is 0.253. The van der Waals surface area contributed by atoms with Crippen LogP contribution in [0.4, 0.5) is 0 Å². The summed E-state index contributed by atoms with van der Waals surface area (Å²) >= 11 is 3.31. The first-order valence-electron chi connectivity index (χ1n) is 7.13. The van der Waals surface area contributed by atoms with E-state index in [4.69, 9.17) is 0 Å². The molecule has 0 spiro atoms. The standard InChI is InChI=1S/C18H18BrNO2S/c1-2-14-20(15-8-11-16-9-4-3-5-10-16)23(21,22)18-13-7-6-12-17(18)19/h2-13H,1,14-15H2/b11-8+. The molecule has 0 aromatic heterocycles. The molecule has 3 nitrogen and oxygen atoms in total. The molecule has 2 aromatic rings. The van der Waals surface area contributed by atoms with Crippen LogP contribution in [0.15, 0.2) is 82.7 Å². The van der Waals surface area contributed by atoms with Gasteiger partial charge < -0.3 is 0 Å². The predicted octanol–water partition coefficient (Wildman–Crippen LogP) is 4.34. The van der Waals surface area contributed by atoms with Crippen molar-refractivity contribution in [1.82, 2.24) is 4.31 Å². The molecule has 0 amide bonds. The molecule has 2 aromatic carbocycles. The van der Waals surface area contributed by atoms with E-state index in [0.29, 0.717) is 4.47 Å². The van der Waals surface area contributed by atoms with E-state index in [0.717, 1.165) is 5.56 Å². The maximum atomic E-state index is 12.8. The maximum Gasteiger partial charge on any atom is 0.244 e. The second-order valence-electron chi connectivity index (χ2n) is 4.85. The Morgan fingerprint density at radius 3 is 2.30 bits per heavy atom. The van der Waals surface area contributed by atoms with Gasteiger partial charge in [-0.05, 0) is 33.6 Å². The third-order valence-electron chi connectivity index (χ3n) is 3.21. The summed E-state index contributed by atoms with van der Waals surface area (Å²) in [7, 11) is -3.58. The first kappa shape index (κ1) is 17.7. The van der Waals surface area contributed by atoms with Crippen molar-refractivity contribution in [3.63, 3.8) is 0 Å². The average molecular weight is 392 g/mol. The minimum Gasteiger partial charge on any atom is -0.207 e. The topological polar surface area (TPSA) is 37.4 Å². The highest BCUT2D eigenvalue weighted by atomic mass is 79.9. The van der Waals surface area contributed by atoms with Crippen molar-refractivity contribution in [2.24, 2.45) is 0 Å². The predicted molar refractivity (Wildman–Crippen MR) is 98.6 cm³/mol. The fourth-order valence-electron chi connectivity index (χ4n) is 2.08. The van der Waals surface area contributed by atoms with Gasteiger partial charge in [-0.3, -0.25) is 0 Å². The van der Waals surface area contributed by atoms with Gasteiger partial charge in [0.2, 0.25) is 10.0 Å². The molecule has 0 radical (unpaired) electrons. The summed E-state index contributed by atoms with van der Waals surface area (Å²) in [5.74, 6) is 0. The second-order valence-corrected chi connectivity index (χ2v) is 7.61. The van der Waals surface area contributed by atoms with E-state index < -0.39 is 10.0 Å². The first-order valence-corrected chi connectivity index (χ1v) is 9.36. The molecule has 0 heterocycles. The van der Waals surface area contributed by atoms with Gasteiger partial charge in [-0.1, -0.05) is 60.7 Å². The van der Waals surface area contributed by atoms with Crippen molar-refractivity contribution in [2.45, 2.75) is 4.90 Å². The lowest BCUT2D eigenvalue weighted by molar-refractivity contribution is 0.474. The van der Waals surface area contributed by atoms with Crippen LogP contribution in [0.3, 0.4) is 0 Å². The summed E-state index contributed by atoms with van der Waals surface area (Å²) in [5, 5.41) is 0. The molecule has 0 aliphatic heterocycles. The number of benzene rings is 2. The fourth-order valence-corrected chi connectivity index (χ4v) is 4.40. The Kier molecular flexibility index (Phi) is 6.33. The number of halogens is 1. The van der Waals surface area contributed by atoms with Gasteiger partial charge in [0.25, 0.3) is 0 Å². The van der Waals surface area contributed by atoms with Gasteiger partial charge in [-0.25, -0.2) is 8.42 Å². The van der Waals surface area contributed by atoms with Crippen molar-refractivity contribution in [1.29, 1.82) is 0 Å². The van der Waals surface area contributed by atoms with E-state index in [-0.39, 0.29) is 18.0 Å². The van der Waals surface area contributed by atoms with Crippen LogP contribution in [-0.2, 0) is 10.0 Å². The van der Waals surface area contributed by atoms with Crippen LogP contribution in [0.25, 0.3) is 6.08 Å². The Morgan fingerprint density at radius 1 is 1.00 bits per heavy atom. The van der Waals surface area contributed by atoms with Crippen LogP contribution in [0.1, 0.15) is 5.56 Å². The molecule has 0 atom stereocenters. The summed E-state index contributed by atoms with van der Waals surface area (Å²) < 4.78 is 27.5. The minimum atomic E-state index is -3.58. The summed E-state index contributed by atoms with van der Waals surface area (Å²) in [5.41, 5.74) is 1.03. The van der Waals surface area contributed by atoms with Crippen LogP contribution in [0.5, 0.6) is 0 Å². The molecule has 0 aliphatic carbocycles. The molecule has 0 N–H and O–H groups in total. The molecule has 23 heavy (non-hydrogen) atoms. The van der Waals surface area contributed by atoms with Crippen molar-refractivity contribution < 1.29 is 8.42 Å². The van der Waals surface area contributed by atoms with E-state index in [2.05, 4.69) is 22.5 Å². The van der Waals surface area contributed by atoms with Gasteiger partial charge in [0.1, 0.15) is 0 Å². The number of hydrogen-bond acceptors (Lipinski definition) is 2. The summed E-state index contributed by atoms with van der Waals surface area (Å²) in [4.78, 5) is 0.259. The van der Waals surface area contributed by atoms with E-state index in [1.165, 1.54) is 4.31 Å².